The van der Waals surface area contributed by atoms with Crippen LogP contribution in [0, 0.1) is 6.92 Å². The lowest BCUT2D eigenvalue weighted by Crippen LogP contribution is -2.47. The molecule has 2 aliphatic rings. The SMILES string of the molecule is Cc1cc(CN2CCN(CC(O)c3ccc4c(c3)OCO4)CC2)no1. The van der Waals surface area contributed by atoms with Crippen LogP contribution >= 0.6 is 0 Å². The zero-order valence-electron chi connectivity index (χ0n) is 14.4. The van der Waals surface area contributed by atoms with E-state index in [1.165, 1.54) is 0 Å². The molecule has 1 N–H and O–H groups in total. The minimum atomic E-state index is -0.528. The number of benzene rings is 1. The predicted molar refractivity (Wildman–Crippen MR) is 90.5 cm³/mol. The molecule has 1 saturated heterocycles. The van der Waals surface area contributed by atoms with Crippen LogP contribution in [-0.4, -0.2) is 59.6 Å². The molecule has 1 aromatic heterocycles. The van der Waals surface area contributed by atoms with Gasteiger partial charge in [-0.25, -0.2) is 0 Å². The van der Waals surface area contributed by atoms with Gasteiger partial charge in [-0.3, -0.25) is 9.80 Å². The van der Waals surface area contributed by atoms with Gasteiger partial charge in [0, 0.05) is 45.3 Å². The summed E-state index contributed by atoms with van der Waals surface area (Å²) in [5, 5.41) is 14.6. The van der Waals surface area contributed by atoms with Gasteiger partial charge in [-0.2, -0.15) is 0 Å². The van der Waals surface area contributed by atoms with E-state index in [9.17, 15) is 5.11 Å². The average molecular weight is 345 g/mol. The van der Waals surface area contributed by atoms with Crippen molar-refractivity contribution in [3.05, 3.63) is 41.3 Å². The maximum Gasteiger partial charge on any atom is 0.231 e. The molecule has 0 saturated carbocycles. The first kappa shape index (κ1) is 16.4. The molecule has 0 spiro atoms. The molecular formula is C18H23N3O4. The molecule has 2 aromatic rings. The minimum absolute atomic E-state index is 0.252. The first-order valence-corrected chi connectivity index (χ1v) is 8.62. The van der Waals surface area contributed by atoms with E-state index in [4.69, 9.17) is 14.0 Å². The Bertz CT molecular complexity index is 725. The Hall–Kier alpha value is -2.09. The number of fused-ring (bicyclic) bond motifs is 1. The molecule has 4 rings (SSSR count). The van der Waals surface area contributed by atoms with Crippen molar-refractivity contribution in [1.29, 1.82) is 0 Å². The van der Waals surface area contributed by atoms with Crippen molar-refractivity contribution >= 4 is 0 Å². The Labute approximate surface area is 146 Å². The molecule has 0 amide bonds. The number of aliphatic hydroxyl groups is 1. The van der Waals surface area contributed by atoms with Gasteiger partial charge in [0.25, 0.3) is 0 Å². The summed E-state index contributed by atoms with van der Waals surface area (Å²) in [4.78, 5) is 4.65. The van der Waals surface area contributed by atoms with Crippen molar-refractivity contribution in [2.75, 3.05) is 39.5 Å². The monoisotopic (exact) mass is 345 g/mol. The lowest BCUT2D eigenvalue weighted by Gasteiger charge is -2.35. The fraction of sp³-hybridized carbons (Fsp3) is 0.500. The quantitative estimate of drug-likeness (QED) is 0.882. The summed E-state index contributed by atoms with van der Waals surface area (Å²) in [6.45, 7) is 7.37. The molecule has 3 heterocycles. The summed E-state index contributed by atoms with van der Waals surface area (Å²) in [5.74, 6) is 2.30. The van der Waals surface area contributed by atoms with Crippen LogP contribution in [0.2, 0.25) is 0 Å². The summed E-state index contributed by atoms with van der Waals surface area (Å²) < 4.78 is 15.8. The van der Waals surface area contributed by atoms with E-state index < -0.39 is 6.10 Å². The maximum atomic E-state index is 10.5. The Balaban J connectivity index is 1.28. The Morgan fingerprint density at radius 1 is 1.08 bits per heavy atom. The second-order valence-corrected chi connectivity index (χ2v) is 6.63. The van der Waals surface area contributed by atoms with E-state index in [1.54, 1.807) is 0 Å². The van der Waals surface area contributed by atoms with E-state index in [0.29, 0.717) is 12.3 Å². The molecule has 1 fully saturated rings. The highest BCUT2D eigenvalue weighted by Crippen LogP contribution is 2.34. The third-order valence-corrected chi connectivity index (χ3v) is 4.74. The van der Waals surface area contributed by atoms with Crippen LogP contribution in [0.3, 0.4) is 0 Å². The molecule has 1 atom stereocenters. The van der Waals surface area contributed by atoms with Crippen LogP contribution in [0.4, 0.5) is 0 Å². The molecule has 0 aliphatic carbocycles. The number of aromatic nitrogens is 1. The third kappa shape index (κ3) is 3.78. The van der Waals surface area contributed by atoms with Crippen molar-refractivity contribution in [2.45, 2.75) is 19.6 Å². The van der Waals surface area contributed by atoms with Gasteiger partial charge in [0.2, 0.25) is 6.79 Å². The summed E-state index contributed by atoms with van der Waals surface area (Å²) in [7, 11) is 0. The maximum absolute atomic E-state index is 10.5. The third-order valence-electron chi connectivity index (χ3n) is 4.74. The van der Waals surface area contributed by atoms with Crippen LogP contribution in [0.25, 0.3) is 0 Å². The topological polar surface area (TPSA) is 71.2 Å². The van der Waals surface area contributed by atoms with Gasteiger partial charge in [-0.1, -0.05) is 11.2 Å². The van der Waals surface area contributed by atoms with Gasteiger partial charge in [0.1, 0.15) is 5.76 Å². The van der Waals surface area contributed by atoms with Crippen LogP contribution in [-0.2, 0) is 6.54 Å². The van der Waals surface area contributed by atoms with Crippen molar-refractivity contribution in [3.8, 4) is 11.5 Å². The van der Waals surface area contributed by atoms with E-state index in [1.807, 2.05) is 31.2 Å². The van der Waals surface area contributed by atoms with E-state index in [0.717, 1.165) is 55.5 Å². The number of piperazine rings is 1. The minimum Gasteiger partial charge on any atom is -0.454 e. The summed E-state index contributed by atoms with van der Waals surface area (Å²) >= 11 is 0. The number of hydrogen-bond donors (Lipinski definition) is 1. The van der Waals surface area contributed by atoms with Crippen LogP contribution in [0.15, 0.2) is 28.8 Å². The second kappa shape index (κ2) is 7.03. The summed E-state index contributed by atoms with van der Waals surface area (Å²) in [6.07, 6.45) is -0.528. The van der Waals surface area contributed by atoms with Crippen LogP contribution in [0.5, 0.6) is 11.5 Å². The zero-order valence-corrected chi connectivity index (χ0v) is 14.4. The van der Waals surface area contributed by atoms with Crippen molar-refractivity contribution in [3.63, 3.8) is 0 Å². The fourth-order valence-electron chi connectivity index (χ4n) is 3.32. The largest absolute Gasteiger partial charge is 0.454 e. The number of ether oxygens (including phenoxy) is 2. The highest BCUT2D eigenvalue weighted by molar-refractivity contribution is 5.45. The molecule has 7 nitrogen and oxygen atoms in total. The Kier molecular flexibility index (Phi) is 4.61. The Morgan fingerprint density at radius 2 is 1.84 bits per heavy atom. The van der Waals surface area contributed by atoms with E-state index in [-0.39, 0.29) is 6.79 Å². The van der Waals surface area contributed by atoms with Gasteiger partial charge in [0.05, 0.1) is 11.8 Å². The van der Waals surface area contributed by atoms with Gasteiger partial charge >= 0.3 is 0 Å². The average Bonchev–Trinajstić information content (AvgIpc) is 3.24. The summed E-state index contributed by atoms with van der Waals surface area (Å²) in [5.41, 5.74) is 1.84. The van der Waals surface area contributed by atoms with Gasteiger partial charge in [-0.05, 0) is 24.6 Å². The molecule has 134 valence electrons. The molecule has 1 aromatic carbocycles. The standard InChI is InChI=1S/C18H23N3O4/c1-13-8-15(19-25-13)10-20-4-6-21(7-5-20)11-16(22)14-2-3-17-18(9-14)24-12-23-17/h2-3,8-9,16,22H,4-7,10-12H2,1H3. The molecule has 0 bridgehead atoms. The summed E-state index contributed by atoms with van der Waals surface area (Å²) in [6, 6.07) is 7.62. The molecule has 0 radical (unpaired) electrons. The highest BCUT2D eigenvalue weighted by Gasteiger charge is 2.22. The smallest absolute Gasteiger partial charge is 0.231 e. The molecular weight excluding hydrogens is 322 g/mol. The lowest BCUT2D eigenvalue weighted by molar-refractivity contribution is 0.0692. The number of aryl methyl sites for hydroxylation is 1. The molecule has 1 unspecified atom stereocenters. The van der Waals surface area contributed by atoms with Gasteiger partial charge < -0.3 is 19.1 Å². The van der Waals surface area contributed by atoms with E-state index >= 15 is 0 Å². The predicted octanol–water partition coefficient (Wildman–Crippen LogP) is 1.56. The first-order valence-electron chi connectivity index (χ1n) is 8.62. The Morgan fingerprint density at radius 3 is 2.60 bits per heavy atom. The fourth-order valence-corrected chi connectivity index (χ4v) is 3.32. The van der Waals surface area contributed by atoms with Crippen molar-refractivity contribution in [2.24, 2.45) is 0 Å². The van der Waals surface area contributed by atoms with Crippen molar-refractivity contribution < 1.29 is 19.1 Å². The normalized spacial score (nSPS) is 19.3. The number of nitrogens with zero attached hydrogens (tertiary/aromatic N) is 3. The zero-order chi connectivity index (χ0) is 17.2. The highest BCUT2D eigenvalue weighted by atomic mass is 16.7. The number of rotatable bonds is 5. The number of β-amino-alcohol motifs (C(OH)–C–C–N with tert-alkyl or cyclic N) is 1. The first-order chi connectivity index (χ1) is 12.2. The number of hydrogen-bond acceptors (Lipinski definition) is 7. The lowest BCUT2D eigenvalue weighted by atomic mass is 10.1. The van der Waals surface area contributed by atoms with Crippen molar-refractivity contribution in [1.82, 2.24) is 15.0 Å². The second-order valence-electron chi connectivity index (χ2n) is 6.63. The molecule has 7 heteroatoms. The molecule has 2 aliphatic heterocycles. The van der Waals surface area contributed by atoms with Gasteiger partial charge in [0.15, 0.2) is 11.5 Å². The van der Waals surface area contributed by atoms with Crippen LogP contribution < -0.4 is 9.47 Å². The van der Waals surface area contributed by atoms with Crippen LogP contribution in [0.1, 0.15) is 23.1 Å². The number of aliphatic hydroxyl groups excluding tert-OH is 1. The van der Waals surface area contributed by atoms with Gasteiger partial charge in [-0.15, -0.1) is 0 Å². The van der Waals surface area contributed by atoms with E-state index in [2.05, 4.69) is 15.0 Å². The molecule has 25 heavy (non-hydrogen) atoms.